The van der Waals surface area contributed by atoms with E-state index in [9.17, 15) is 0 Å². The maximum Gasteiger partial charge on any atom is 0.141 e. The number of nitrogens with zero attached hydrogens (tertiary/aromatic N) is 5. The molecule has 0 aliphatic carbocycles. The molecule has 2 aromatic carbocycles. The van der Waals surface area contributed by atoms with Gasteiger partial charge in [-0.05, 0) is 123 Å². The summed E-state index contributed by atoms with van der Waals surface area (Å²) in [5.74, 6) is 3.54. The molecule has 0 saturated heterocycles. The minimum absolute atomic E-state index is 0.856. The standard InChI is InChI=1S/C59H85N5/c1-5-9-13-17-21-25-34-50-36-29-42-54(48-50)63(56-44-31-40-52(60-56)38-27-23-19-15-11-7-3)58-46-33-47-59(62-58)64(55-43-30-37-51(49-55)35-26-22-18-14-10-6-2)57-45-32-41-53(61-57)39-28-24-20-16-12-8-4/h29-33,36-37,40-49H,5-28,34-35,38-39H2,1-4H3. The molecule has 0 atom stereocenters. The van der Waals surface area contributed by atoms with E-state index in [-0.39, 0.29) is 0 Å². The van der Waals surface area contributed by atoms with Crippen molar-refractivity contribution in [1.29, 1.82) is 0 Å². The molecule has 0 spiro atoms. The lowest BCUT2D eigenvalue weighted by molar-refractivity contribution is 0.605. The number of benzene rings is 2. The van der Waals surface area contributed by atoms with E-state index in [1.54, 1.807) is 0 Å². The highest BCUT2D eigenvalue weighted by Gasteiger charge is 2.21. The number of pyridine rings is 3. The van der Waals surface area contributed by atoms with Crippen molar-refractivity contribution in [2.24, 2.45) is 0 Å². The molecule has 3 aromatic heterocycles. The Morgan fingerprint density at radius 2 is 0.594 bits per heavy atom. The van der Waals surface area contributed by atoms with Gasteiger partial charge in [0, 0.05) is 22.8 Å². The maximum absolute atomic E-state index is 5.59. The van der Waals surface area contributed by atoms with E-state index >= 15 is 0 Å². The van der Waals surface area contributed by atoms with Gasteiger partial charge in [-0.25, -0.2) is 15.0 Å². The van der Waals surface area contributed by atoms with Gasteiger partial charge in [0.05, 0.1) is 0 Å². The highest BCUT2D eigenvalue weighted by molar-refractivity contribution is 5.77. The molecule has 0 fully saturated rings. The SMILES string of the molecule is CCCCCCCCc1cccc(N(c2cccc(CCCCCCCC)n2)c2cccc(N(c3cccc(CCCCCCCC)c3)c3cccc(CCCCCCCC)n3)n2)c1. The van der Waals surface area contributed by atoms with Crippen molar-refractivity contribution < 1.29 is 0 Å². The van der Waals surface area contributed by atoms with E-state index in [2.05, 4.69) is 141 Å². The summed E-state index contributed by atoms with van der Waals surface area (Å²) in [6, 6.07) is 37.8. The highest BCUT2D eigenvalue weighted by Crippen LogP contribution is 2.38. The van der Waals surface area contributed by atoms with Gasteiger partial charge in [-0.1, -0.05) is 199 Å². The lowest BCUT2D eigenvalue weighted by Crippen LogP contribution is -2.18. The van der Waals surface area contributed by atoms with Gasteiger partial charge in [-0.15, -0.1) is 0 Å². The third-order valence-corrected chi connectivity index (χ3v) is 12.8. The van der Waals surface area contributed by atoms with Crippen LogP contribution in [0.1, 0.15) is 204 Å². The van der Waals surface area contributed by atoms with E-state index in [1.807, 2.05) is 0 Å². The van der Waals surface area contributed by atoms with Crippen LogP contribution in [0.5, 0.6) is 0 Å². The van der Waals surface area contributed by atoms with Crippen LogP contribution in [-0.4, -0.2) is 15.0 Å². The number of anilines is 6. The molecule has 3 heterocycles. The largest absolute Gasteiger partial charge is 0.279 e. The van der Waals surface area contributed by atoms with E-state index in [0.29, 0.717) is 0 Å². The van der Waals surface area contributed by atoms with Crippen LogP contribution in [0, 0.1) is 0 Å². The van der Waals surface area contributed by atoms with Gasteiger partial charge in [0.15, 0.2) is 0 Å². The van der Waals surface area contributed by atoms with E-state index in [1.165, 1.54) is 165 Å². The van der Waals surface area contributed by atoms with Crippen molar-refractivity contribution in [3.8, 4) is 0 Å². The number of hydrogen-bond donors (Lipinski definition) is 0. The Bertz CT molecular complexity index is 1730. The summed E-state index contributed by atoms with van der Waals surface area (Å²) < 4.78 is 0. The summed E-state index contributed by atoms with van der Waals surface area (Å²) in [5, 5.41) is 0. The predicted molar refractivity (Wildman–Crippen MR) is 278 cm³/mol. The van der Waals surface area contributed by atoms with E-state index in [4.69, 9.17) is 15.0 Å². The number of aryl methyl sites for hydroxylation is 4. The van der Waals surface area contributed by atoms with Gasteiger partial charge in [-0.2, -0.15) is 0 Å². The van der Waals surface area contributed by atoms with Crippen LogP contribution < -0.4 is 9.80 Å². The summed E-state index contributed by atoms with van der Waals surface area (Å²) in [7, 11) is 0. The molecular formula is C59H85N5. The van der Waals surface area contributed by atoms with Crippen molar-refractivity contribution in [3.05, 3.63) is 126 Å². The van der Waals surface area contributed by atoms with E-state index < -0.39 is 0 Å². The third-order valence-electron chi connectivity index (χ3n) is 12.8. The first-order valence-corrected chi connectivity index (χ1v) is 26.3. The molecule has 5 rings (SSSR count). The summed E-state index contributed by atoms with van der Waals surface area (Å²) >= 11 is 0. The molecule has 5 aromatic rings. The van der Waals surface area contributed by atoms with Crippen LogP contribution in [0.3, 0.4) is 0 Å². The Hall–Kier alpha value is -4.51. The Morgan fingerprint density at radius 1 is 0.297 bits per heavy atom. The molecule has 0 amide bonds. The van der Waals surface area contributed by atoms with Gasteiger partial charge in [0.2, 0.25) is 0 Å². The highest BCUT2D eigenvalue weighted by atomic mass is 15.3. The van der Waals surface area contributed by atoms with Crippen molar-refractivity contribution >= 4 is 34.6 Å². The molecule has 0 N–H and O–H groups in total. The Labute approximate surface area is 391 Å². The van der Waals surface area contributed by atoms with E-state index in [0.717, 1.165) is 71.7 Å². The molecule has 0 radical (unpaired) electrons. The summed E-state index contributed by atoms with van der Waals surface area (Å²) in [6.07, 6.45) is 35.0. The van der Waals surface area contributed by atoms with Gasteiger partial charge < -0.3 is 0 Å². The average molecular weight is 864 g/mol. The summed E-state index contributed by atoms with van der Waals surface area (Å²) in [4.78, 5) is 20.9. The van der Waals surface area contributed by atoms with Gasteiger partial charge >= 0.3 is 0 Å². The molecule has 0 unspecified atom stereocenters. The fourth-order valence-corrected chi connectivity index (χ4v) is 8.98. The zero-order valence-corrected chi connectivity index (χ0v) is 40.9. The first kappa shape index (κ1) is 50.5. The molecule has 5 heteroatoms. The number of rotatable bonds is 34. The number of unbranched alkanes of at least 4 members (excludes halogenated alkanes) is 20. The normalized spacial score (nSPS) is 11.3. The maximum atomic E-state index is 5.59. The zero-order valence-electron chi connectivity index (χ0n) is 40.9. The number of hydrogen-bond acceptors (Lipinski definition) is 5. The van der Waals surface area contributed by atoms with Crippen LogP contribution in [0.25, 0.3) is 0 Å². The lowest BCUT2D eigenvalue weighted by atomic mass is 10.0. The Morgan fingerprint density at radius 3 is 0.969 bits per heavy atom. The number of aromatic nitrogens is 3. The second kappa shape index (κ2) is 30.6. The van der Waals surface area contributed by atoms with Crippen LogP contribution in [-0.2, 0) is 25.7 Å². The van der Waals surface area contributed by atoms with Crippen molar-refractivity contribution in [1.82, 2.24) is 15.0 Å². The quantitative estimate of drug-likeness (QED) is 0.0386. The van der Waals surface area contributed by atoms with Crippen molar-refractivity contribution in [2.75, 3.05) is 9.80 Å². The van der Waals surface area contributed by atoms with Gasteiger partial charge in [0.25, 0.3) is 0 Å². The van der Waals surface area contributed by atoms with Crippen LogP contribution in [0.2, 0.25) is 0 Å². The zero-order chi connectivity index (χ0) is 44.9. The summed E-state index contributed by atoms with van der Waals surface area (Å²) in [5.41, 5.74) is 7.23. The smallest absolute Gasteiger partial charge is 0.141 e. The monoisotopic (exact) mass is 864 g/mol. The van der Waals surface area contributed by atoms with Gasteiger partial charge in [-0.3, -0.25) is 9.80 Å². The fraction of sp³-hybridized carbons (Fsp3) is 0.542. The molecule has 0 aliphatic rings. The first-order chi connectivity index (χ1) is 31.6. The van der Waals surface area contributed by atoms with Crippen LogP contribution in [0.4, 0.5) is 34.6 Å². The molecule has 64 heavy (non-hydrogen) atoms. The van der Waals surface area contributed by atoms with Crippen molar-refractivity contribution in [2.45, 2.75) is 207 Å². The topological polar surface area (TPSA) is 45.2 Å². The molecular weight excluding hydrogens is 779 g/mol. The minimum atomic E-state index is 0.856. The minimum Gasteiger partial charge on any atom is -0.279 e. The summed E-state index contributed by atoms with van der Waals surface area (Å²) in [6.45, 7) is 9.16. The Kier molecular flexibility index (Phi) is 24.1. The second-order valence-electron chi connectivity index (χ2n) is 18.4. The van der Waals surface area contributed by atoms with Crippen molar-refractivity contribution in [3.63, 3.8) is 0 Å². The first-order valence-electron chi connectivity index (χ1n) is 26.3. The average Bonchev–Trinajstić information content (AvgIpc) is 3.32. The third kappa shape index (κ3) is 17.8. The van der Waals surface area contributed by atoms with Gasteiger partial charge in [0.1, 0.15) is 23.3 Å². The predicted octanol–water partition coefficient (Wildman–Crippen LogP) is 18.4. The second-order valence-corrected chi connectivity index (χ2v) is 18.4. The molecule has 0 aliphatic heterocycles. The molecule has 0 bridgehead atoms. The Balaban J connectivity index is 1.50. The lowest BCUT2D eigenvalue weighted by Gasteiger charge is -2.28. The van der Waals surface area contributed by atoms with Crippen LogP contribution in [0.15, 0.2) is 103 Å². The molecule has 5 nitrogen and oxygen atoms in total. The van der Waals surface area contributed by atoms with Crippen LogP contribution >= 0.6 is 0 Å². The molecule has 346 valence electrons. The fourth-order valence-electron chi connectivity index (χ4n) is 8.98. The molecule has 0 saturated carbocycles.